The molecule has 0 saturated carbocycles. The lowest BCUT2D eigenvalue weighted by Gasteiger charge is -1.99. The molecule has 8 nitrogen and oxygen atoms in total. The Morgan fingerprint density at radius 1 is 1.55 bits per heavy atom. The van der Waals surface area contributed by atoms with Crippen LogP contribution in [0.5, 0.6) is 0 Å². The number of rotatable bonds is 5. The van der Waals surface area contributed by atoms with E-state index in [1.165, 1.54) is 28.4 Å². The van der Waals surface area contributed by atoms with Gasteiger partial charge in [0, 0.05) is 11.6 Å². The number of nitrogens with one attached hydrogen (secondary N) is 1. The third-order valence-electron chi connectivity index (χ3n) is 2.35. The topological polar surface area (TPSA) is 129 Å². The van der Waals surface area contributed by atoms with E-state index in [0.717, 1.165) is 0 Å². The van der Waals surface area contributed by atoms with Gasteiger partial charge in [-0.05, 0) is 6.92 Å². The molecule has 1 atom stereocenters. The summed E-state index contributed by atoms with van der Waals surface area (Å²) in [7, 11) is 0. The molecule has 5 N–H and O–H groups in total. The Kier molecular flexibility index (Phi) is 4.11. The lowest BCUT2D eigenvalue weighted by Crippen LogP contribution is -2.18. The van der Waals surface area contributed by atoms with Crippen molar-refractivity contribution >= 4 is 28.8 Å². The highest BCUT2D eigenvalue weighted by molar-refractivity contribution is 7.09. The molecule has 9 heteroatoms. The molecule has 2 heterocycles. The fraction of sp³-hybridized carbons (Fsp3) is 0.273. The molecule has 0 aromatic carbocycles. The van der Waals surface area contributed by atoms with E-state index < -0.39 is 5.91 Å². The quantitative estimate of drug-likeness (QED) is 0.720. The van der Waals surface area contributed by atoms with E-state index in [-0.39, 0.29) is 18.5 Å². The number of carbonyl (C=O) groups is 2. The van der Waals surface area contributed by atoms with Crippen LogP contribution in [-0.2, 0) is 11.3 Å². The fourth-order valence-electron chi connectivity index (χ4n) is 1.47. The van der Waals surface area contributed by atoms with Gasteiger partial charge in [0.05, 0.1) is 17.9 Å². The average Bonchev–Trinajstić information content (AvgIpc) is 2.97. The third kappa shape index (κ3) is 3.39. The number of aromatic nitrogens is 3. The van der Waals surface area contributed by atoms with Crippen molar-refractivity contribution in [3.8, 4) is 0 Å². The number of thiazole rings is 1. The van der Waals surface area contributed by atoms with Gasteiger partial charge >= 0.3 is 0 Å². The number of amides is 2. The minimum Gasteiger partial charge on any atom is -0.368 e. The summed E-state index contributed by atoms with van der Waals surface area (Å²) in [6.07, 6.45) is 2.95. The SMILES string of the molecule is CC(N)c1nc(C(=O)Nc2cnn(CC(N)=O)c2)cs1. The fourth-order valence-corrected chi connectivity index (χ4v) is 2.23. The molecule has 0 aliphatic carbocycles. The number of anilines is 1. The van der Waals surface area contributed by atoms with Gasteiger partial charge in [-0.2, -0.15) is 5.10 Å². The molecule has 2 rings (SSSR count). The first-order chi connectivity index (χ1) is 9.45. The highest BCUT2D eigenvalue weighted by Crippen LogP contribution is 2.17. The second kappa shape index (κ2) is 5.80. The number of nitrogens with zero attached hydrogens (tertiary/aromatic N) is 3. The van der Waals surface area contributed by atoms with E-state index in [9.17, 15) is 9.59 Å². The predicted molar refractivity (Wildman–Crippen MR) is 74.1 cm³/mol. The smallest absolute Gasteiger partial charge is 0.275 e. The number of carbonyl (C=O) groups excluding carboxylic acids is 2. The molecule has 20 heavy (non-hydrogen) atoms. The zero-order valence-corrected chi connectivity index (χ0v) is 11.6. The van der Waals surface area contributed by atoms with Crippen molar-refractivity contribution in [3.63, 3.8) is 0 Å². The van der Waals surface area contributed by atoms with Crippen molar-refractivity contribution < 1.29 is 9.59 Å². The minimum absolute atomic E-state index is 0.0403. The van der Waals surface area contributed by atoms with Gasteiger partial charge in [0.2, 0.25) is 5.91 Å². The summed E-state index contributed by atoms with van der Waals surface area (Å²) in [5.74, 6) is -0.862. The Morgan fingerprint density at radius 2 is 2.30 bits per heavy atom. The summed E-state index contributed by atoms with van der Waals surface area (Å²) in [4.78, 5) is 26.8. The molecule has 2 aromatic heterocycles. The molecule has 0 saturated heterocycles. The van der Waals surface area contributed by atoms with Crippen LogP contribution in [0.1, 0.15) is 28.5 Å². The van der Waals surface area contributed by atoms with Gasteiger partial charge in [-0.15, -0.1) is 11.3 Å². The molecule has 106 valence electrons. The molecular formula is C11H14N6O2S. The predicted octanol–water partition coefficient (Wildman–Crippen LogP) is 0.0969. The van der Waals surface area contributed by atoms with E-state index in [2.05, 4.69) is 15.4 Å². The lowest BCUT2D eigenvalue weighted by molar-refractivity contribution is -0.118. The highest BCUT2D eigenvalue weighted by Gasteiger charge is 2.13. The van der Waals surface area contributed by atoms with E-state index in [4.69, 9.17) is 11.5 Å². The third-order valence-corrected chi connectivity index (χ3v) is 3.40. The minimum atomic E-state index is -0.507. The van der Waals surface area contributed by atoms with Crippen molar-refractivity contribution in [2.75, 3.05) is 5.32 Å². The number of primary amides is 1. The molecule has 0 fully saturated rings. The van der Waals surface area contributed by atoms with Crippen molar-refractivity contribution in [2.24, 2.45) is 11.5 Å². The van der Waals surface area contributed by atoms with Crippen molar-refractivity contribution in [3.05, 3.63) is 28.5 Å². The first-order valence-electron chi connectivity index (χ1n) is 5.79. The molecule has 0 bridgehead atoms. The van der Waals surface area contributed by atoms with Crippen LogP contribution in [-0.4, -0.2) is 26.6 Å². The first-order valence-corrected chi connectivity index (χ1v) is 6.67. The molecule has 0 radical (unpaired) electrons. The molecule has 2 amide bonds. The van der Waals surface area contributed by atoms with Gasteiger partial charge in [0.15, 0.2) is 0 Å². The number of hydrogen-bond acceptors (Lipinski definition) is 6. The average molecular weight is 294 g/mol. The molecule has 2 aromatic rings. The normalized spacial score (nSPS) is 12.1. The lowest BCUT2D eigenvalue weighted by atomic mass is 10.4. The summed E-state index contributed by atoms with van der Waals surface area (Å²) in [6.45, 7) is 1.76. The van der Waals surface area contributed by atoms with E-state index in [0.29, 0.717) is 16.4 Å². The Bertz CT molecular complexity index is 632. The van der Waals surface area contributed by atoms with Crippen LogP contribution in [0.15, 0.2) is 17.8 Å². The largest absolute Gasteiger partial charge is 0.368 e. The summed E-state index contributed by atoms with van der Waals surface area (Å²) in [5, 5.41) is 8.87. The van der Waals surface area contributed by atoms with Crippen molar-refractivity contribution in [1.82, 2.24) is 14.8 Å². The van der Waals surface area contributed by atoms with E-state index in [1.54, 1.807) is 12.3 Å². The van der Waals surface area contributed by atoms with Crippen LogP contribution in [0.4, 0.5) is 5.69 Å². The summed E-state index contributed by atoms with van der Waals surface area (Å²) >= 11 is 1.33. The Hall–Kier alpha value is -2.26. The van der Waals surface area contributed by atoms with Gasteiger partial charge in [-0.3, -0.25) is 14.3 Å². The summed E-state index contributed by atoms with van der Waals surface area (Å²) in [6, 6.07) is -0.208. The van der Waals surface area contributed by atoms with Gasteiger partial charge in [-0.25, -0.2) is 4.98 Å². The molecule has 0 aliphatic heterocycles. The second-order valence-electron chi connectivity index (χ2n) is 4.21. The Balaban J connectivity index is 2.03. The van der Waals surface area contributed by atoms with Crippen LogP contribution in [0.25, 0.3) is 0 Å². The van der Waals surface area contributed by atoms with Gasteiger partial charge in [-0.1, -0.05) is 0 Å². The summed E-state index contributed by atoms with van der Waals surface area (Å²) < 4.78 is 1.34. The number of nitrogens with two attached hydrogens (primary N) is 2. The number of hydrogen-bond donors (Lipinski definition) is 3. The van der Waals surface area contributed by atoms with Crippen molar-refractivity contribution in [1.29, 1.82) is 0 Å². The van der Waals surface area contributed by atoms with Gasteiger partial charge in [0.1, 0.15) is 17.2 Å². The summed E-state index contributed by atoms with van der Waals surface area (Å²) in [5.41, 5.74) is 11.5. The Labute approximate surface area is 118 Å². The maximum absolute atomic E-state index is 11.9. The maximum atomic E-state index is 11.9. The van der Waals surface area contributed by atoms with Crippen molar-refractivity contribution in [2.45, 2.75) is 19.5 Å². The first kappa shape index (κ1) is 14.2. The van der Waals surface area contributed by atoms with Gasteiger partial charge in [0.25, 0.3) is 5.91 Å². The zero-order chi connectivity index (χ0) is 14.7. The molecule has 0 spiro atoms. The second-order valence-corrected chi connectivity index (χ2v) is 5.10. The maximum Gasteiger partial charge on any atom is 0.275 e. The molecule has 0 aliphatic rings. The highest BCUT2D eigenvalue weighted by atomic mass is 32.1. The standard InChI is InChI=1S/C11H14N6O2S/c1-6(12)11-16-8(5-20-11)10(19)15-7-2-14-17(3-7)4-9(13)18/h2-3,5-6H,4,12H2,1H3,(H2,13,18)(H,15,19). The van der Waals surface area contributed by atoms with Crippen LogP contribution >= 0.6 is 11.3 Å². The molecular weight excluding hydrogens is 280 g/mol. The van der Waals surface area contributed by atoms with Crippen LogP contribution in [0.3, 0.4) is 0 Å². The Morgan fingerprint density at radius 3 is 2.90 bits per heavy atom. The zero-order valence-electron chi connectivity index (χ0n) is 10.7. The van der Waals surface area contributed by atoms with E-state index >= 15 is 0 Å². The molecule has 1 unspecified atom stereocenters. The van der Waals surface area contributed by atoms with Crippen LogP contribution in [0, 0.1) is 0 Å². The van der Waals surface area contributed by atoms with Gasteiger partial charge < -0.3 is 16.8 Å². The van der Waals surface area contributed by atoms with E-state index in [1.807, 2.05) is 0 Å². The van der Waals surface area contributed by atoms with Crippen LogP contribution < -0.4 is 16.8 Å². The van der Waals surface area contributed by atoms with Crippen LogP contribution in [0.2, 0.25) is 0 Å². The monoisotopic (exact) mass is 294 g/mol.